The molecule has 3 heterocycles. The first kappa shape index (κ1) is 19.7. The van der Waals surface area contributed by atoms with E-state index in [4.69, 9.17) is 0 Å². The number of benzene rings is 1. The number of pyridine rings is 1. The molecule has 0 radical (unpaired) electrons. The number of amides is 1. The Labute approximate surface area is 189 Å². The molecule has 8 nitrogen and oxygen atoms in total. The van der Waals surface area contributed by atoms with Gasteiger partial charge in [-0.05, 0) is 48.1 Å². The van der Waals surface area contributed by atoms with Crippen molar-refractivity contribution in [3.8, 4) is 6.07 Å². The number of carbonyl (C=O) groups excluding carboxylic acids is 1. The van der Waals surface area contributed by atoms with Gasteiger partial charge in [-0.15, -0.1) is 0 Å². The zero-order valence-corrected chi connectivity index (χ0v) is 17.9. The number of H-pyrrole nitrogens is 1. The summed E-state index contributed by atoms with van der Waals surface area (Å²) in [6, 6.07) is 17.0. The molecule has 1 amide bonds. The molecular weight excluding hydrogens is 416 g/mol. The normalized spacial score (nSPS) is 22.6. The molecule has 4 aromatic rings. The SMILES string of the molecule is N#CC12CC1(CNCc1cc3ccc(CNC(=O)c4cc(=O)n5ccccc5n4)cc3[nH]1)C2. The minimum absolute atomic E-state index is 0.0176. The van der Waals surface area contributed by atoms with Crippen LogP contribution in [-0.2, 0) is 13.1 Å². The lowest BCUT2D eigenvalue weighted by atomic mass is 10.1. The molecule has 0 unspecified atom stereocenters. The Balaban J connectivity index is 1.09. The van der Waals surface area contributed by atoms with Crippen LogP contribution in [0.15, 0.2) is 59.5 Å². The molecular formula is C25H22N6O2. The average molecular weight is 438 g/mol. The highest BCUT2D eigenvalue weighted by molar-refractivity contribution is 5.92. The Bertz CT molecular complexity index is 1520. The third-order valence-electron chi connectivity index (χ3n) is 7.04. The molecule has 2 aliphatic rings. The molecule has 0 aliphatic heterocycles. The van der Waals surface area contributed by atoms with E-state index in [9.17, 15) is 14.9 Å². The van der Waals surface area contributed by atoms with Crippen molar-refractivity contribution < 1.29 is 4.79 Å². The van der Waals surface area contributed by atoms with E-state index in [1.54, 1.807) is 24.4 Å². The van der Waals surface area contributed by atoms with Gasteiger partial charge in [-0.3, -0.25) is 14.0 Å². The van der Waals surface area contributed by atoms with E-state index in [0.29, 0.717) is 12.2 Å². The van der Waals surface area contributed by atoms with Crippen LogP contribution in [0.2, 0.25) is 0 Å². The van der Waals surface area contributed by atoms with E-state index in [1.807, 2.05) is 18.2 Å². The van der Waals surface area contributed by atoms with Gasteiger partial charge >= 0.3 is 0 Å². The molecule has 0 spiro atoms. The van der Waals surface area contributed by atoms with Crippen molar-refractivity contribution in [2.24, 2.45) is 10.8 Å². The lowest BCUT2D eigenvalue weighted by Gasteiger charge is -2.06. The maximum Gasteiger partial charge on any atom is 0.270 e. The topological polar surface area (TPSA) is 115 Å². The van der Waals surface area contributed by atoms with Gasteiger partial charge in [-0.1, -0.05) is 18.2 Å². The van der Waals surface area contributed by atoms with E-state index >= 15 is 0 Å². The van der Waals surface area contributed by atoms with Crippen molar-refractivity contribution in [1.29, 1.82) is 5.26 Å². The van der Waals surface area contributed by atoms with Gasteiger partial charge in [0, 0.05) is 48.5 Å². The van der Waals surface area contributed by atoms with Crippen LogP contribution in [0, 0.1) is 22.2 Å². The van der Waals surface area contributed by atoms with Crippen molar-refractivity contribution >= 4 is 22.5 Å². The summed E-state index contributed by atoms with van der Waals surface area (Å²) in [5, 5.41) is 16.6. The fourth-order valence-electron chi connectivity index (χ4n) is 4.83. The van der Waals surface area contributed by atoms with E-state index in [1.165, 1.54) is 10.5 Å². The van der Waals surface area contributed by atoms with Crippen LogP contribution in [0.4, 0.5) is 0 Å². The molecule has 33 heavy (non-hydrogen) atoms. The maximum absolute atomic E-state index is 12.6. The summed E-state index contributed by atoms with van der Waals surface area (Å²) in [7, 11) is 0. The fourth-order valence-corrected chi connectivity index (χ4v) is 4.83. The average Bonchev–Trinajstić information content (AvgIpc) is 3.57. The summed E-state index contributed by atoms with van der Waals surface area (Å²) in [5.74, 6) is -0.386. The number of nitrogens with one attached hydrogen (secondary N) is 3. The van der Waals surface area contributed by atoms with Gasteiger partial charge in [0.2, 0.25) is 0 Å². The van der Waals surface area contributed by atoms with Gasteiger partial charge in [-0.25, -0.2) is 4.98 Å². The Morgan fingerprint density at radius 3 is 2.88 bits per heavy atom. The van der Waals surface area contributed by atoms with Crippen LogP contribution in [0.3, 0.4) is 0 Å². The molecule has 3 aromatic heterocycles. The monoisotopic (exact) mass is 438 g/mol. The molecule has 2 fully saturated rings. The number of hydrogen-bond acceptors (Lipinski definition) is 5. The third kappa shape index (κ3) is 3.29. The Hall–Kier alpha value is -3.96. The number of fused-ring (bicyclic) bond motifs is 3. The number of nitriles is 1. The van der Waals surface area contributed by atoms with Crippen molar-refractivity contribution in [2.45, 2.75) is 25.9 Å². The van der Waals surface area contributed by atoms with Gasteiger partial charge in [0.1, 0.15) is 11.3 Å². The van der Waals surface area contributed by atoms with Crippen molar-refractivity contribution in [3.63, 3.8) is 0 Å². The number of hydrogen-bond donors (Lipinski definition) is 3. The van der Waals surface area contributed by atoms with Crippen LogP contribution in [0.5, 0.6) is 0 Å². The number of aromatic nitrogens is 3. The lowest BCUT2D eigenvalue weighted by Crippen LogP contribution is -2.26. The third-order valence-corrected chi connectivity index (χ3v) is 7.04. The number of nitrogens with zero attached hydrogens (tertiary/aromatic N) is 3. The van der Waals surface area contributed by atoms with Gasteiger partial charge < -0.3 is 15.6 Å². The molecule has 2 saturated carbocycles. The fraction of sp³-hybridized carbons (Fsp3) is 0.280. The van der Waals surface area contributed by atoms with E-state index < -0.39 is 0 Å². The highest BCUT2D eigenvalue weighted by Gasteiger charge is 2.83. The second-order valence-corrected chi connectivity index (χ2v) is 9.24. The number of rotatable bonds is 7. The van der Waals surface area contributed by atoms with Crippen molar-refractivity contribution in [1.82, 2.24) is 25.0 Å². The predicted molar refractivity (Wildman–Crippen MR) is 122 cm³/mol. The molecule has 3 N–H and O–H groups in total. The standard InChI is InChI=1S/C25H22N6O2/c26-14-24-12-25(24,13-24)15-27-11-18-8-17-5-4-16(7-19(17)29-18)10-28-23(33)20-9-22(32)31-6-2-1-3-21(31)30-20/h1-9,27,29H,10-13,15H2,(H,28,33). The Morgan fingerprint density at radius 2 is 2.06 bits per heavy atom. The zero-order valence-electron chi connectivity index (χ0n) is 17.9. The summed E-state index contributed by atoms with van der Waals surface area (Å²) in [5.41, 5.74) is 3.51. The molecule has 0 saturated heterocycles. The minimum atomic E-state index is -0.386. The summed E-state index contributed by atoms with van der Waals surface area (Å²) in [4.78, 5) is 32.5. The minimum Gasteiger partial charge on any atom is -0.357 e. The molecule has 0 bridgehead atoms. The first-order valence-corrected chi connectivity index (χ1v) is 11.0. The van der Waals surface area contributed by atoms with Crippen LogP contribution in [0.1, 0.15) is 34.6 Å². The quantitative estimate of drug-likeness (QED) is 0.410. The summed E-state index contributed by atoms with van der Waals surface area (Å²) < 4.78 is 1.40. The van der Waals surface area contributed by atoms with E-state index in [2.05, 4.69) is 32.7 Å². The van der Waals surface area contributed by atoms with Crippen molar-refractivity contribution in [2.75, 3.05) is 6.54 Å². The second-order valence-electron chi connectivity index (χ2n) is 9.24. The van der Waals surface area contributed by atoms with E-state index in [-0.39, 0.29) is 28.0 Å². The Morgan fingerprint density at radius 1 is 1.18 bits per heavy atom. The van der Waals surface area contributed by atoms with E-state index in [0.717, 1.165) is 48.1 Å². The molecule has 164 valence electrons. The summed E-state index contributed by atoms with van der Waals surface area (Å²) in [6.45, 7) is 1.95. The molecule has 8 heteroatoms. The highest BCUT2D eigenvalue weighted by atomic mass is 16.2. The van der Waals surface area contributed by atoms with Gasteiger partial charge in [0.25, 0.3) is 11.5 Å². The molecule has 1 aromatic carbocycles. The largest absolute Gasteiger partial charge is 0.357 e. The summed E-state index contributed by atoms with van der Waals surface area (Å²) >= 11 is 0. The van der Waals surface area contributed by atoms with Crippen LogP contribution < -0.4 is 16.2 Å². The second kappa shape index (κ2) is 7.02. The molecule has 6 rings (SSSR count). The summed E-state index contributed by atoms with van der Waals surface area (Å²) in [6.07, 6.45) is 3.70. The number of aromatic amines is 1. The smallest absolute Gasteiger partial charge is 0.270 e. The van der Waals surface area contributed by atoms with Gasteiger partial charge in [-0.2, -0.15) is 5.26 Å². The van der Waals surface area contributed by atoms with Gasteiger partial charge in [0.15, 0.2) is 0 Å². The van der Waals surface area contributed by atoms with Crippen LogP contribution in [-0.4, -0.2) is 26.8 Å². The zero-order chi connectivity index (χ0) is 22.6. The predicted octanol–water partition coefficient (Wildman–Crippen LogP) is 2.50. The first-order valence-electron chi connectivity index (χ1n) is 11.0. The molecule has 2 aliphatic carbocycles. The maximum atomic E-state index is 12.6. The Kier molecular flexibility index (Phi) is 4.19. The van der Waals surface area contributed by atoms with Crippen LogP contribution >= 0.6 is 0 Å². The van der Waals surface area contributed by atoms with Gasteiger partial charge in [0.05, 0.1) is 11.5 Å². The van der Waals surface area contributed by atoms with Crippen LogP contribution in [0.25, 0.3) is 16.6 Å². The molecule has 0 atom stereocenters. The number of carbonyl (C=O) groups is 1. The first-order chi connectivity index (χ1) is 16.0. The lowest BCUT2D eigenvalue weighted by molar-refractivity contribution is 0.0946. The highest BCUT2D eigenvalue weighted by Crippen LogP contribution is 2.85. The van der Waals surface area contributed by atoms with Crippen molar-refractivity contribution in [3.05, 3.63) is 82.0 Å².